The number of ether oxygens (including phenoxy) is 1. The van der Waals surface area contributed by atoms with Gasteiger partial charge in [-0.1, -0.05) is 23.7 Å². The molecule has 2 aromatic heterocycles. The Hall–Kier alpha value is -2.69. The Morgan fingerprint density at radius 3 is 2.73 bits per heavy atom. The number of H-pyrrole nitrogens is 1. The Morgan fingerprint density at radius 2 is 2.03 bits per heavy atom. The van der Waals surface area contributed by atoms with Crippen molar-refractivity contribution in [2.24, 2.45) is 0 Å². The molecule has 1 saturated carbocycles. The van der Waals surface area contributed by atoms with Crippen LogP contribution in [-0.4, -0.2) is 78.8 Å². The van der Waals surface area contributed by atoms with Gasteiger partial charge in [-0.05, 0) is 37.0 Å². The lowest BCUT2D eigenvalue weighted by Gasteiger charge is -2.48. The fourth-order valence-corrected chi connectivity index (χ4v) is 5.76. The molecule has 174 valence electrons. The number of anilines is 2. The lowest BCUT2D eigenvalue weighted by molar-refractivity contribution is -0.101. The van der Waals surface area contributed by atoms with Gasteiger partial charge in [0.15, 0.2) is 0 Å². The van der Waals surface area contributed by atoms with E-state index in [9.17, 15) is 0 Å². The van der Waals surface area contributed by atoms with Crippen LogP contribution in [-0.2, 0) is 11.3 Å². The molecule has 3 aliphatic rings. The molecule has 0 bridgehead atoms. The third kappa shape index (κ3) is 3.96. The summed E-state index contributed by atoms with van der Waals surface area (Å²) in [6, 6.07) is 8.80. The molecule has 11 heteroatoms. The number of nitrogen functional groups attached to an aromatic ring is 1. The second kappa shape index (κ2) is 8.27. The van der Waals surface area contributed by atoms with Crippen LogP contribution in [0.15, 0.2) is 36.9 Å². The fraction of sp³-hybridized carbons (Fsp3) is 0.545. The standard InChI is InChI=1S/C22H28ClN9O/c23-16-3-1-15(2-4-16)19-9-22(19)12-33-18(10-31-14-25-13-26-31)11-32(22)17-5-7-30(8-6-17)21-27-20(24)28-29-21/h1-4,13-14,17-19H,5-12H2,(H3,24,27,28,29)/t18-,19?,22?/m0/s1. The van der Waals surface area contributed by atoms with Crippen molar-refractivity contribution < 1.29 is 4.74 Å². The Balaban J connectivity index is 1.20. The lowest BCUT2D eigenvalue weighted by atomic mass is 9.96. The van der Waals surface area contributed by atoms with Crippen LogP contribution < -0.4 is 10.6 Å². The van der Waals surface area contributed by atoms with Crippen LogP contribution in [0.3, 0.4) is 0 Å². The molecule has 2 unspecified atom stereocenters. The van der Waals surface area contributed by atoms with E-state index >= 15 is 0 Å². The van der Waals surface area contributed by atoms with Crippen LogP contribution in [0.4, 0.5) is 11.9 Å². The Kier molecular flexibility index (Phi) is 5.23. The largest absolute Gasteiger partial charge is 0.373 e. The minimum atomic E-state index is 0.0501. The molecule has 1 spiro atoms. The first kappa shape index (κ1) is 20.9. The van der Waals surface area contributed by atoms with Gasteiger partial charge in [0.1, 0.15) is 12.7 Å². The van der Waals surface area contributed by atoms with E-state index in [1.807, 2.05) is 16.8 Å². The zero-order chi connectivity index (χ0) is 22.4. The Bertz CT molecular complexity index is 1080. The number of halogens is 1. The number of nitrogens with two attached hydrogens (primary N) is 1. The normalized spacial score (nSPS) is 28.5. The summed E-state index contributed by atoms with van der Waals surface area (Å²) in [7, 11) is 0. The monoisotopic (exact) mass is 469 g/mol. The quantitative estimate of drug-likeness (QED) is 0.582. The number of hydrogen-bond acceptors (Lipinski definition) is 8. The SMILES string of the molecule is Nc1nc(N2CCC(N3C[C@H](Cn4cncn4)OCC34CC4c3ccc(Cl)cc3)CC2)n[nH]1. The number of rotatable bonds is 5. The van der Waals surface area contributed by atoms with Crippen LogP contribution in [0, 0.1) is 0 Å². The van der Waals surface area contributed by atoms with Gasteiger partial charge >= 0.3 is 0 Å². The molecule has 1 aliphatic carbocycles. The third-order valence-electron chi connectivity index (χ3n) is 7.40. The maximum Gasteiger partial charge on any atom is 0.246 e. The smallest absolute Gasteiger partial charge is 0.246 e. The first-order valence-corrected chi connectivity index (χ1v) is 11.9. The molecule has 2 aliphatic heterocycles. The molecule has 10 nitrogen and oxygen atoms in total. The maximum absolute atomic E-state index is 6.41. The number of hydrogen-bond donors (Lipinski definition) is 2. The highest BCUT2D eigenvalue weighted by Crippen LogP contribution is 2.58. The van der Waals surface area contributed by atoms with Gasteiger partial charge in [-0.15, -0.1) is 5.10 Å². The fourth-order valence-electron chi connectivity index (χ4n) is 5.64. The molecule has 3 N–H and O–H groups in total. The van der Waals surface area contributed by atoms with Crippen molar-refractivity contribution in [1.29, 1.82) is 0 Å². The van der Waals surface area contributed by atoms with Crippen molar-refractivity contribution in [1.82, 2.24) is 34.8 Å². The summed E-state index contributed by atoms with van der Waals surface area (Å²) in [5.74, 6) is 1.52. The summed E-state index contributed by atoms with van der Waals surface area (Å²) < 4.78 is 8.28. The highest BCUT2D eigenvalue weighted by Gasteiger charge is 2.62. The van der Waals surface area contributed by atoms with Gasteiger partial charge < -0.3 is 15.4 Å². The summed E-state index contributed by atoms with van der Waals surface area (Å²) in [5.41, 5.74) is 7.12. The average Bonchev–Trinajstić information content (AvgIpc) is 3.15. The van der Waals surface area contributed by atoms with Gasteiger partial charge in [-0.25, -0.2) is 10.1 Å². The Labute approximate surface area is 197 Å². The zero-order valence-electron chi connectivity index (χ0n) is 18.3. The van der Waals surface area contributed by atoms with E-state index in [1.165, 1.54) is 5.56 Å². The van der Waals surface area contributed by atoms with Gasteiger partial charge in [-0.2, -0.15) is 10.1 Å². The van der Waals surface area contributed by atoms with Gasteiger partial charge in [0.2, 0.25) is 11.9 Å². The predicted molar refractivity (Wildman–Crippen MR) is 124 cm³/mol. The molecular formula is C22H28ClN9O. The summed E-state index contributed by atoms with van der Waals surface area (Å²) in [6.45, 7) is 4.16. The van der Waals surface area contributed by atoms with Crippen LogP contribution in [0.2, 0.25) is 5.02 Å². The second-order valence-electron chi connectivity index (χ2n) is 9.35. The van der Waals surface area contributed by atoms with Crippen LogP contribution in [0.1, 0.15) is 30.7 Å². The minimum absolute atomic E-state index is 0.0501. The molecule has 3 atom stereocenters. The summed E-state index contributed by atoms with van der Waals surface area (Å²) in [4.78, 5) is 13.3. The number of aromatic nitrogens is 6. The molecule has 3 aromatic rings. The van der Waals surface area contributed by atoms with E-state index in [2.05, 4.69) is 47.2 Å². The molecule has 33 heavy (non-hydrogen) atoms. The van der Waals surface area contributed by atoms with Gasteiger partial charge in [0.05, 0.1) is 24.8 Å². The predicted octanol–water partition coefficient (Wildman–Crippen LogP) is 1.93. The zero-order valence-corrected chi connectivity index (χ0v) is 19.1. The van der Waals surface area contributed by atoms with E-state index in [0.717, 1.165) is 50.5 Å². The summed E-state index contributed by atoms with van der Waals surface area (Å²) in [6.07, 6.45) is 6.65. The second-order valence-corrected chi connectivity index (χ2v) is 9.79. The van der Waals surface area contributed by atoms with E-state index < -0.39 is 0 Å². The highest BCUT2D eigenvalue weighted by molar-refractivity contribution is 6.30. The molecule has 3 fully saturated rings. The van der Waals surface area contributed by atoms with Crippen molar-refractivity contribution in [2.45, 2.75) is 49.4 Å². The van der Waals surface area contributed by atoms with Gasteiger partial charge in [0, 0.05) is 36.6 Å². The van der Waals surface area contributed by atoms with E-state index in [-0.39, 0.29) is 11.6 Å². The molecule has 1 aromatic carbocycles. The first-order valence-electron chi connectivity index (χ1n) is 11.5. The van der Waals surface area contributed by atoms with Crippen molar-refractivity contribution in [2.75, 3.05) is 36.9 Å². The number of nitrogens with one attached hydrogen (secondary N) is 1. The van der Waals surface area contributed by atoms with E-state index in [4.69, 9.17) is 22.1 Å². The highest BCUT2D eigenvalue weighted by atomic mass is 35.5. The molecule has 4 heterocycles. The van der Waals surface area contributed by atoms with Crippen LogP contribution in [0.25, 0.3) is 0 Å². The van der Waals surface area contributed by atoms with Crippen molar-refractivity contribution >= 4 is 23.5 Å². The maximum atomic E-state index is 6.41. The average molecular weight is 470 g/mol. The van der Waals surface area contributed by atoms with Gasteiger partial charge in [-0.3, -0.25) is 9.58 Å². The van der Waals surface area contributed by atoms with Gasteiger partial charge in [0.25, 0.3) is 0 Å². The van der Waals surface area contributed by atoms with Crippen LogP contribution in [0.5, 0.6) is 0 Å². The van der Waals surface area contributed by atoms with Crippen molar-refractivity contribution in [3.8, 4) is 0 Å². The van der Waals surface area contributed by atoms with E-state index in [1.54, 1.807) is 12.7 Å². The third-order valence-corrected chi connectivity index (χ3v) is 7.65. The lowest BCUT2D eigenvalue weighted by Crippen LogP contribution is -2.59. The van der Waals surface area contributed by atoms with Crippen molar-refractivity contribution in [3.05, 3.63) is 47.5 Å². The molecule has 2 saturated heterocycles. The molecule has 0 radical (unpaired) electrons. The molecule has 6 rings (SSSR count). The Morgan fingerprint density at radius 1 is 1.21 bits per heavy atom. The summed E-state index contributed by atoms with van der Waals surface area (Å²) >= 11 is 6.14. The van der Waals surface area contributed by atoms with Crippen LogP contribution >= 0.6 is 11.6 Å². The molecule has 0 amide bonds. The molecular weight excluding hydrogens is 442 g/mol. The number of piperidine rings is 1. The topological polar surface area (TPSA) is 114 Å². The first-order chi connectivity index (χ1) is 16.1. The number of aromatic amines is 1. The summed E-state index contributed by atoms with van der Waals surface area (Å²) in [5, 5.41) is 12.0. The number of morpholine rings is 1. The number of nitrogens with zero attached hydrogens (tertiary/aromatic N) is 7. The number of benzene rings is 1. The van der Waals surface area contributed by atoms with Crippen molar-refractivity contribution in [3.63, 3.8) is 0 Å². The van der Waals surface area contributed by atoms with E-state index in [0.29, 0.717) is 30.4 Å². The minimum Gasteiger partial charge on any atom is -0.373 e.